The highest BCUT2D eigenvalue weighted by molar-refractivity contribution is 6.17. The predicted octanol–water partition coefficient (Wildman–Crippen LogP) is 3.73. The minimum atomic E-state index is 0.113. The van der Waals surface area contributed by atoms with Crippen molar-refractivity contribution in [3.63, 3.8) is 0 Å². The van der Waals surface area contributed by atoms with Gasteiger partial charge in [-0.2, -0.15) is 0 Å². The van der Waals surface area contributed by atoms with E-state index in [0.29, 0.717) is 5.88 Å². The summed E-state index contributed by atoms with van der Waals surface area (Å²) >= 11 is 5.76. The van der Waals surface area contributed by atoms with E-state index in [9.17, 15) is 4.79 Å². The quantitative estimate of drug-likeness (QED) is 0.592. The Labute approximate surface area is 110 Å². The Hall–Kier alpha value is -0.240. The third-order valence-corrected chi connectivity index (χ3v) is 3.93. The van der Waals surface area contributed by atoms with Crippen molar-refractivity contribution in [2.24, 2.45) is 11.3 Å². The lowest BCUT2D eigenvalue weighted by Crippen LogP contribution is -2.37. The molecule has 100 valence electrons. The molecule has 0 aliphatic heterocycles. The van der Waals surface area contributed by atoms with Gasteiger partial charge in [-0.15, -0.1) is 11.6 Å². The van der Waals surface area contributed by atoms with E-state index < -0.39 is 0 Å². The zero-order valence-electron chi connectivity index (χ0n) is 11.2. The summed E-state index contributed by atoms with van der Waals surface area (Å²) in [6, 6.07) is 0. The molecule has 0 aromatic carbocycles. The van der Waals surface area contributed by atoms with Crippen LogP contribution in [-0.4, -0.2) is 18.3 Å². The Morgan fingerprint density at radius 3 is 2.35 bits per heavy atom. The summed E-state index contributed by atoms with van der Waals surface area (Å²) in [5.41, 5.74) is 0.113. The molecule has 0 aromatic rings. The number of carbonyl (C=O) groups is 1. The van der Waals surface area contributed by atoms with Gasteiger partial charge in [0.2, 0.25) is 5.91 Å². The fourth-order valence-electron chi connectivity index (χ4n) is 2.36. The van der Waals surface area contributed by atoms with Gasteiger partial charge in [-0.05, 0) is 24.7 Å². The number of alkyl halides is 1. The molecule has 0 atom stereocenters. The van der Waals surface area contributed by atoms with Gasteiger partial charge in [0.25, 0.3) is 0 Å². The van der Waals surface area contributed by atoms with Gasteiger partial charge in [0, 0.05) is 18.3 Å². The smallest absolute Gasteiger partial charge is 0.223 e. The number of carbonyl (C=O) groups excluding carboxylic acids is 1. The fourth-order valence-corrected chi connectivity index (χ4v) is 2.87. The van der Waals surface area contributed by atoms with E-state index in [1.807, 2.05) is 0 Å². The Bertz CT molecular complexity index is 232. The van der Waals surface area contributed by atoms with Gasteiger partial charge >= 0.3 is 0 Å². The van der Waals surface area contributed by atoms with Gasteiger partial charge < -0.3 is 5.32 Å². The van der Waals surface area contributed by atoms with Crippen LogP contribution in [0.4, 0.5) is 0 Å². The van der Waals surface area contributed by atoms with Crippen molar-refractivity contribution in [2.75, 3.05) is 12.4 Å². The Kier molecular flexibility index (Phi) is 6.32. The molecule has 0 bridgehead atoms. The van der Waals surface area contributed by atoms with E-state index in [1.54, 1.807) is 0 Å². The normalized spacial score (nSPS) is 18.8. The largest absolute Gasteiger partial charge is 0.355 e. The monoisotopic (exact) mass is 259 g/mol. The molecule has 1 saturated carbocycles. The van der Waals surface area contributed by atoms with Crippen molar-refractivity contribution in [2.45, 2.75) is 58.8 Å². The molecule has 0 heterocycles. The first-order chi connectivity index (χ1) is 8.05. The highest BCUT2D eigenvalue weighted by Crippen LogP contribution is 2.24. The molecule has 0 radical (unpaired) electrons. The molecule has 17 heavy (non-hydrogen) atoms. The average Bonchev–Trinajstić information content (AvgIpc) is 2.54. The summed E-state index contributed by atoms with van der Waals surface area (Å²) in [4.78, 5) is 12.1. The van der Waals surface area contributed by atoms with Gasteiger partial charge in [-0.3, -0.25) is 4.79 Å². The third-order valence-electron chi connectivity index (χ3n) is 3.74. The summed E-state index contributed by atoms with van der Waals surface area (Å²) in [5, 5.41) is 3.11. The average molecular weight is 260 g/mol. The van der Waals surface area contributed by atoms with E-state index in [4.69, 9.17) is 11.6 Å². The zero-order valence-corrected chi connectivity index (χ0v) is 12.0. The molecular weight excluding hydrogens is 234 g/mol. The molecule has 1 N–H and O–H groups in total. The zero-order chi connectivity index (χ0) is 12.7. The van der Waals surface area contributed by atoms with Gasteiger partial charge in [0.15, 0.2) is 0 Å². The van der Waals surface area contributed by atoms with Gasteiger partial charge in [-0.25, -0.2) is 0 Å². The summed E-state index contributed by atoms with van der Waals surface area (Å²) < 4.78 is 0. The topological polar surface area (TPSA) is 29.1 Å². The number of hydrogen-bond donors (Lipinski definition) is 1. The van der Waals surface area contributed by atoms with Gasteiger partial charge in [0.1, 0.15) is 0 Å². The van der Waals surface area contributed by atoms with Crippen molar-refractivity contribution in [3.8, 4) is 0 Å². The maximum Gasteiger partial charge on any atom is 0.223 e. The third kappa shape index (κ3) is 5.76. The molecule has 3 heteroatoms. The van der Waals surface area contributed by atoms with Crippen LogP contribution in [0.3, 0.4) is 0 Å². The van der Waals surface area contributed by atoms with Gasteiger partial charge in [0.05, 0.1) is 0 Å². The van der Waals surface area contributed by atoms with E-state index in [-0.39, 0.29) is 17.2 Å². The van der Waals surface area contributed by atoms with Crippen LogP contribution in [0.5, 0.6) is 0 Å². The van der Waals surface area contributed by atoms with Crippen LogP contribution < -0.4 is 5.32 Å². The van der Waals surface area contributed by atoms with Crippen LogP contribution in [0.2, 0.25) is 0 Å². The van der Waals surface area contributed by atoms with Crippen LogP contribution in [-0.2, 0) is 4.79 Å². The Balaban J connectivity index is 2.32. The second kappa shape index (κ2) is 7.25. The van der Waals surface area contributed by atoms with Crippen LogP contribution in [0.25, 0.3) is 0 Å². The Morgan fingerprint density at radius 1 is 1.24 bits per heavy atom. The lowest BCUT2D eigenvalue weighted by atomic mass is 9.89. The molecule has 0 unspecified atom stereocenters. The molecule has 1 fully saturated rings. The molecule has 0 aromatic heterocycles. The predicted molar refractivity (Wildman–Crippen MR) is 73.3 cm³/mol. The van der Waals surface area contributed by atoms with Crippen LogP contribution in [0, 0.1) is 11.3 Å². The maximum absolute atomic E-state index is 12.1. The van der Waals surface area contributed by atoms with Crippen LogP contribution in [0.1, 0.15) is 58.8 Å². The lowest BCUT2D eigenvalue weighted by molar-refractivity contribution is -0.125. The van der Waals surface area contributed by atoms with Crippen molar-refractivity contribution >= 4 is 17.5 Å². The number of hydrogen-bond acceptors (Lipinski definition) is 1. The highest BCUT2D eigenvalue weighted by Gasteiger charge is 2.23. The van der Waals surface area contributed by atoms with E-state index >= 15 is 0 Å². The summed E-state index contributed by atoms with van der Waals surface area (Å²) in [5.74, 6) is 1.17. The SMILES string of the molecule is CC(C)(CCCl)CNC(=O)C1CCCCCC1. The van der Waals surface area contributed by atoms with E-state index in [1.165, 1.54) is 25.7 Å². The second-order valence-electron chi connectivity index (χ2n) is 6.01. The molecule has 2 nitrogen and oxygen atoms in total. The standard InChI is InChI=1S/C14H26ClNO/c1-14(2,9-10-15)11-16-13(17)12-7-5-3-4-6-8-12/h12H,3-11H2,1-2H3,(H,16,17). The number of halogens is 1. The van der Waals surface area contributed by atoms with Crippen LogP contribution >= 0.6 is 11.6 Å². The first kappa shape index (κ1) is 14.8. The fraction of sp³-hybridized carbons (Fsp3) is 0.929. The number of amides is 1. The second-order valence-corrected chi connectivity index (χ2v) is 6.39. The van der Waals surface area contributed by atoms with Crippen molar-refractivity contribution in [1.29, 1.82) is 0 Å². The summed E-state index contributed by atoms with van der Waals surface area (Å²) in [6.07, 6.45) is 8.10. The minimum Gasteiger partial charge on any atom is -0.355 e. The first-order valence-electron chi connectivity index (χ1n) is 6.89. The summed E-state index contributed by atoms with van der Waals surface area (Å²) in [6.45, 7) is 5.06. The van der Waals surface area contributed by atoms with Crippen molar-refractivity contribution < 1.29 is 4.79 Å². The summed E-state index contributed by atoms with van der Waals surface area (Å²) in [7, 11) is 0. The van der Waals surface area contributed by atoms with Crippen molar-refractivity contribution in [3.05, 3.63) is 0 Å². The molecule has 0 saturated heterocycles. The van der Waals surface area contributed by atoms with Crippen molar-refractivity contribution in [1.82, 2.24) is 5.32 Å². The first-order valence-corrected chi connectivity index (χ1v) is 7.42. The molecule has 1 amide bonds. The maximum atomic E-state index is 12.1. The number of rotatable bonds is 5. The molecule has 1 rings (SSSR count). The van der Waals surface area contributed by atoms with Gasteiger partial charge in [-0.1, -0.05) is 39.5 Å². The number of nitrogens with one attached hydrogen (secondary N) is 1. The Morgan fingerprint density at radius 2 is 1.82 bits per heavy atom. The molecule has 1 aliphatic carbocycles. The highest BCUT2D eigenvalue weighted by atomic mass is 35.5. The lowest BCUT2D eigenvalue weighted by Gasteiger charge is -2.25. The van der Waals surface area contributed by atoms with Crippen LogP contribution in [0.15, 0.2) is 0 Å². The molecule has 0 spiro atoms. The van der Waals surface area contributed by atoms with E-state index in [2.05, 4.69) is 19.2 Å². The molecular formula is C14H26ClNO. The minimum absolute atomic E-state index is 0.113. The molecule has 1 aliphatic rings. The van der Waals surface area contributed by atoms with E-state index in [0.717, 1.165) is 25.8 Å².